The summed E-state index contributed by atoms with van der Waals surface area (Å²) < 4.78 is 37.0. The minimum absolute atomic E-state index is 0.0545. The van der Waals surface area contributed by atoms with Gasteiger partial charge >= 0.3 is 5.97 Å². The highest BCUT2D eigenvalue weighted by Gasteiger charge is 2.48. The van der Waals surface area contributed by atoms with Gasteiger partial charge in [-0.2, -0.15) is 0 Å². The van der Waals surface area contributed by atoms with Crippen molar-refractivity contribution in [3.8, 4) is 5.75 Å². The monoisotopic (exact) mass is 256 g/mol. The van der Waals surface area contributed by atoms with Crippen LogP contribution >= 0.6 is 0 Å². The first-order valence-corrected chi connectivity index (χ1v) is 5.67. The molecule has 0 bridgehead atoms. The summed E-state index contributed by atoms with van der Waals surface area (Å²) in [7, 11) is 2.51. The molecule has 1 aliphatic rings. The number of rotatable bonds is 3. The van der Waals surface area contributed by atoms with E-state index in [0.29, 0.717) is 12.8 Å². The number of carbonyl (C=O) groups excluding carboxylic acids is 1. The average Bonchev–Trinajstić information content (AvgIpc) is 2.31. The van der Waals surface area contributed by atoms with Crippen molar-refractivity contribution in [2.24, 2.45) is 0 Å². The van der Waals surface area contributed by atoms with E-state index in [1.165, 1.54) is 14.2 Å². The highest BCUT2D eigenvalue weighted by Crippen LogP contribution is 2.46. The number of halogens is 2. The summed E-state index contributed by atoms with van der Waals surface area (Å²) in [5.74, 6) is -2.00. The van der Waals surface area contributed by atoms with Crippen LogP contribution in [-0.2, 0) is 14.9 Å². The van der Waals surface area contributed by atoms with E-state index >= 15 is 0 Å². The maximum atomic E-state index is 14.0. The number of hydrogen-bond acceptors (Lipinski definition) is 3. The minimum atomic E-state index is -1.04. The van der Waals surface area contributed by atoms with E-state index in [-0.39, 0.29) is 11.3 Å². The standard InChI is InChI=1S/C13H14F2O3/c1-17-11-7-9(14)8(6-10(11)15)13(4-3-5-13)12(16)18-2/h6-7H,3-5H2,1-2H3. The second-order valence-corrected chi connectivity index (χ2v) is 4.39. The molecule has 98 valence electrons. The SMILES string of the molecule is COC(=O)C1(c2cc(F)c(OC)cc2F)CCC1. The smallest absolute Gasteiger partial charge is 0.316 e. The highest BCUT2D eigenvalue weighted by molar-refractivity contribution is 5.84. The molecule has 0 spiro atoms. The molecule has 1 aliphatic carbocycles. The van der Waals surface area contributed by atoms with Gasteiger partial charge in [0.25, 0.3) is 0 Å². The number of carbonyl (C=O) groups is 1. The lowest BCUT2D eigenvalue weighted by atomic mass is 9.64. The van der Waals surface area contributed by atoms with Crippen LogP contribution in [0.5, 0.6) is 5.75 Å². The normalized spacial score (nSPS) is 16.9. The van der Waals surface area contributed by atoms with E-state index in [1.54, 1.807) is 0 Å². The fourth-order valence-corrected chi connectivity index (χ4v) is 2.36. The Hall–Kier alpha value is -1.65. The summed E-state index contributed by atoms with van der Waals surface area (Å²) in [4.78, 5) is 11.8. The molecule has 1 saturated carbocycles. The second-order valence-electron chi connectivity index (χ2n) is 4.39. The number of esters is 1. The van der Waals surface area contributed by atoms with E-state index < -0.39 is 23.0 Å². The van der Waals surface area contributed by atoms with Gasteiger partial charge in [0.05, 0.1) is 19.6 Å². The fourth-order valence-electron chi connectivity index (χ4n) is 2.36. The molecule has 18 heavy (non-hydrogen) atoms. The Balaban J connectivity index is 2.50. The number of methoxy groups -OCH3 is 2. The second kappa shape index (κ2) is 4.55. The first-order valence-electron chi connectivity index (χ1n) is 5.67. The van der Waals surface area contributed by atoms with Crippen LogP contribution in [0.2, 0.25) is 0 Å². The number of hydrogen-bond donors (Lipinski definition) is 0. The van der Waals surface area contributed by atoms with Crippen molar-refractivity contribution in [3.05, 3.63) is 29.3 Å². The largest absolute Gasteiger partial charge is 0.494 e. The molecule has 0 amide bonds. The summed E-state index contributed by atoms with van der Waals surface area (Å²) >= 11 is 0. The van der Waals surface area contributed by atoms with Gasteiger partial charge in [0.1, 0.15) is 5.82 Å². The van der Waals surface area contributed by atoms with E-state index in [0.717, 1.165) is 18.6 Å². The molecule has 0 saturated heterocycles. The molecule has 0 aromatic heterocycles. The van der Waals surface area contributed by atoms with Crippen LogP contribution in [0.25, 0.3) is 0 Å². The first kappa shape index (κ1) is 12.8. The quantitative estimate of drug-likeness (QED) is 0.780. The summed E-state index contributed by atoms with van der Waals surface area (Å²) in [5, 5.41) is 0. The summed E-state index contributed by atoms with van der Waals surface area (Å²) in [6, 6.07) is 2.00. The zero-order valence-corrected chi connectivity index (χ0v) is 10.3. The number of ether oxygens (including phenoxy) is 2. The summed E-state index contributed by atoms with van der Waals surface area (Å²) in [6.45, 7) is 0. The zero-order chi connectivity index (χ0) is 13.3. The summed E-state index contributed by atoms with van der Waals surface area (Å²) in [6.07, 6.45) is 1.74. The van der Waals surface area contributed by atoms with Crippen LogP contribution in [0.15, 0.2) is 12.1 Å². The van der Waals surface area contributed by atoms with Crippen LogP contribution in [0.3, 0.4) is 0 Å². The lowest BCUT2D eigenvalue weighted by Crippen LogP contribution is -2.44. The molecule has 0 unspecified atom stereocenters. The number of benzene rings is 1. The van der Waals surface area contributed by atoms with Gasteiger partial charge in [-0.15, -0.1) is 0 Å². The Kier molecular flexibility index (Phi) is 3.24. The van der Waals surface area contributed by atoms with Gasteiger partial charge in [0.2, 0.25) is 0 Å². The maximum absolute atomic E-state index is 14.0. The third kappa shape index (κ3) is 1.74. The van der Waals surface area contributed by atoms with Gasteiger partial charge in [-0.3, -0.25) is 4.79 Å². The third-order valence-corrected chi connectivity index (χ3v) is 3.54. The van der Waals surface area contributed by atoms with Gasteiger partial charge in [0, 0.05) is 11.6 Å². The van der Waals surface area contributed by atoms with Crippen molar-refractivity contribution in [2.75, 3.05) is 14.2 Å². The molecular weight excluding hydrogens is 242 g/mol. The van der Waals surface area contributed by atoms with E-state index in [2.05, 4.69) is 0 Å². The van der Waals surface area contributed by atoms with E-state index in [9.17, 15) is 13.6 Å². The predicted octanol–water partition coefficient (Wildman–Crippen LogP) is 2.57. The van der Waals surface area contributed by atoms with Gasteiger partial charge < -0.3 is 9.47 Å². The molecule has 3 nitrogen and oxygen atoms in total. The molecule has 0 N–H and O–H groups in total. The molecule has 2 rings (SSSR count). The maximum Gasteiger partial charge on any atom is 0.316 e. The first-order chi connectivity index (χ1) is 8.55. The summed E-state index contributed by atoms with van der Waals surface area (Å²) in [5.41, 5.74) is -0.981. The van der Waals surface area contributed by atoms with Crippen molar-refractivity contribution in [1.29, 1.82) is 0 Å². The Morgan fingerprint density at radius 3 is 2.33 bits per heavy atom. The molecule has 0 radical (unpaired) electrons. The topological polar surface area (TPSA) is 35.5 Å². The van der Waals surface area contributed by atoms with Crippen molar-refractivity contribution >= 4 is 5.97 Å². The highest BCUT2D eigenvalue weighted by atomic mass is 19.1. The Morgan fingerprint density at radius 1 is 1.22 bits per heavy atom. The van der Waals surface area contributed by atoms with Crippen LogP contribution in [0.4, 0.5) is 8.78 Å². The Morgan fingerprint density at radius 2 is 1.89 bits per heavy atom. The fraction of sp³-hybridized carbons (Fsp3) is 0.462. The van der Waals surface area contributed by atoms with Crippen molar-refractivity contribution in [1.82, 2.24) is 0 Å². The van der Waals surface area contributed by atoms with Crippen molar-refractivity contribution in [2.45, 2.75) is 24.7 Å². The molecule has 1 aromatic rings. The van der Waals surface area contributed by atoms with Gasteiger partial charge in [-0.1, -0.05) is 6.42 Å². The molecule has 1 fully saturated rings. The van der Waals surface area contributed by atoms with Gasteiger partial charge in [-0.05, 0) is 18.9 Å². The minimum Gasteiger partial charge on any atom is -0.494 e. The van der Waals surface area contributed by atoms with Gasteiger partial charge in [-0.25, -0.2) is 8.78 Å². The van der Waals surface area contributed by atoms with Gasteiger partial charge in [0.15, 0.2) is 11.6 Å². The van der Waals surface area contributed by atoms with Crippen LogP contribution in [0.1, 0.15) is 24.8 Å². The molecule has 0 atom stereocenters. The predicted molar refractivity (Wildman–Crippen MR) is 60.5 cm³/mol. The molecule has 1 aromatic carbocycles. The van der Waals surface area contributed by atoms with Crippen LogP contribution in [-0.4, -0.2) is 20.2 Å². The van der Waals surface area contributed by atoms with Crippen LogP contribution < -0.4 is 4.74 Å². The molecule has 5 heteroatoms. The zero-order valence-electron chi connectivity index (χ0n) is 10.3. The van der Waals surface area contributed by atoms with Crippen molar-refractivity contribution < 1.29 is 23.0 Å². The molecule has 0 aliphatic heterocycles. The van der Waals surface area contributed by atoms with E-state index in [4.69, 9.17) is 9.47 Å². The lowest BCUT2D eigenvalue weighted by Gasteiger charge is -2.39. The van der Waals surface area contributed by atoms with Crippen LogP contribution in [0, 0.1) is 11.6 Å². The Bertz CT molecular complexity index is 481. The Labute approximate surface area is 104 Å². The van der Waals surface area contributed by atoms with Crippen molar-refractivity contribution in [3.63, 3.8) is 0 Å². The third-order valence-electron chi connectivity index (χ3n) is 3.54. The molecular formula is C13H14F2O3. The average molecular weight is 256 g/mol. The van der Waals surface area contributed by atoms with E-state index in [1.807, 2.05) is 0 Å². The molecule has 0 heterocycles. The lowest BCUT2D eigenvalue weighted by molar-refractivity contribution is -0.151.